The van der Waals surface area contributed by atoms with Crippen molar-refractivity contribution in [2.75, 3.05) is 6.54 Å². The normalized spacial score (nSPS) is 13.9. The lowest BCUT2D eigenvalue weighted by atomic mass is 9.94. The molecule has 30 heavy (non-hydrogen) atoms. The average Bonchev–Trinajstić information content (AvgIpc) is 2.95. The monoisotopic (exact) mass is 396 g/mol. The Balaban J connectivity index is 1.42. The molecule has 0 unspecified atom stereocenters. The molecule has 3 aromatic rings. The Kier molecular flexibility index (Phi) is 6.35. The Bertz CT molecular complexity index is 1020. The van der Waals surface area contributed by atoms with Gasteiger partial charge >= 0.3 is 0 Å². The zero-order chi connectivity index (χ0) is 20.6. The molecular weight excluding hydrogens is 372 g/mol. The molecule has 1 aromatic heterocycles. The summed E-state index contributed by atoms with van der Waals surface area (Å²) >= 11 is 0. The number of nitrogens with zero attached hydrogens (tertiary/aromatic N) is 1. The number of allylic oxidation sites excluding steroid dienone is 2. The number of hydrogen-bond acceptors (Lipinski definition) is 3. The number of para-hydroxylation sites is 1. The van der Waals surface area contributed by atoms with Crippen LogP contribution < -0.4 is 10.1 Å². The lowest BCUT2D eigenvalue weighted by Crippen LogP contribution is -2.22. The minimum absolute atomic E-state index is 0.0931. The molecule has 0 aliphatic carbocycles. The lowest BCUT2D eigenvalue weighted by molar-refractivity contribution is -0.116. The number of nitrogens with one attached hydrogen (secondary N) is 1. The van der Waals surface area contributed by atoms with Gasteiger partial charge in [0.25, 0.3) is 0 Å². The van der Waals surface area contributed by atoms with E-state index in [1.165, 1.54) is 5.56 Å². The molecule has 1 amide bonds. The van der Waals surface area contributed by atoms with Crippen LogP contribution in [0.15, 0.2) is 91.3 Å². The van der Waals surface area contributed by atoms with Crippen LogP contribution in [-0.2, 0) is 17.8 Å². The molecule has 0 atom stereocenters. The summed E-state index contributed by atoms with van der Waals surface area (Å²) in [5.74, 6) is 0.762. The number of hydrogen-bond donors (Lipinski definition) is 1. The SMILES string of the molecule is O=C(/C=C/C=C1\c2ccccc2COc2ccccc21)NCCCc1cccnc1. The van der Waals surface area contributed by atoms with Crippen molar-refractivity contribution in [1.29, 1.82) is 0 Å². The van der Waals surface area contributed by atoms with Gasteiger partial charge in [0.2, 0.25) is 5.91 Å². The number of amides is 1. The highest BCUT2D eigenvalue weighted by atomic mass is 16.5. The van der Waals surface area contributed by atoms with E-state index in [1.807, 2.05) is 60.8 Å². The smallest absolute Gasteiger partial charge is 0.243 e. The highest BCUT2D eigenvalue weighted by Crippen LogP contribution is 2.36. The van der Waals surface area contributed by atoms with Gasteiger partial charge in [0.05, 0.1) is 0 Å². The first-order valence-corrected chi connectivity index (χ1v) is 10.2. The topological polar surface area (TPSA) is 51.2 Å². The van der Waals surface area contributed by atoms with E-state index in [0.717, 1.165) is 40.9 Å². The average molecular weight is 396 g/mol. The summed E-state index contributed by atoms with van der Waals surface area (Å²) in [5, 5.41) is 2.94. The van der Waals surface area contributed by atoms with Gasteiger partial charge in [0, 0.05) is 30.6 Å². The maximum absolute atomic E-state index is 12.2. The van der Waals surface area contributed by atoms with Crippen molar-refractivity contribution in [3.05, 3.63) is 114 Å². The van der Waals surface area contributed by atoms with Gasteiger partial charge in [-0.15, -0.1) is 0 Å². The number of pyridine rings is 1. The molecule has 2 aromatic carbocycles. The number of carbonyl (C=O) groups excluding carboxylic acids is 1. The van der Waals surface area contributed by atoms with Crippen molar-refractivity contribution in [1.82, 2.24) is 10.3 Å². The highest BCUT2D eigenvalue weighted by molar-refractivity contribution is 5.90. The molecule has 0 saturated carbocycles. The number of aromatic nitrogens is 1. The molecule has 4 nitrogen and oxygen atoms in total. The van der Waals surface area contributed by atoms with E-state index in [2.05, 4.69) is 28.5 Å². The van der Waals surface area contributed by atoms with Gasteiger partial charge < -0.3 is 10.1 Å². The van der Waals surface area contributed by atoms with E-state index in [-0.39, 0.29) is 5.91 Å². The standard InChI is InChI=1S/C26H24N2O2/c29-26(28-17-7-9-20-8-6-16-27-18-20)15-5-13-23-22-11-2-1-10-21(22)19-30-25-14-4-3-12-24(23)25/h1-6,8,10-16,18H,7,9,17,19H2,(H,28,29)/b15-5+,23-13+. The summed E-state index contributed by atoms with van der Waals surface area (Å²) in [6.45, 7) is 1.17. The first kappa shape index (κ1) is 19.6. The van der Waals surface area contributed by atoms with Crippen molar-refractivity contribution < 1.29 is 9.53 Å². The Labute approximate surface area is 176 Å². The van der Waals surface area contributed by atoms with Crippen LogP contribution in [0.3, 0.4) is 0 Å². The van der Waals surface area contributed by atoms with Crippen LogP contribution >= 0.6 is 0 Å². The van der Waals surface area contributed by atoms with Gasteiger partial charge in [-0.1, -0.05) is 60.7 Å². The van der Waals surface area contributed by atoms with Crippen LogP contribution in [0.2, 0.25) is 0 Å². The number of ether oxygens (including phenoxy) is 1. The Hall–Kier alpha value is -3.66. The van der Waals surface area contributed by atoms with Crippen LogP contribution in [-0.4, -0.2) is 17.4 Å². The first-order valence-electron chi connectivity index (χ1n) is 10.2. The Morgan fingerprint density at radius 3 is 2.73 bits per heavy atom. The molecule has 1 N–H and O–H groups in total. The molecule has 2 heterocycles. The summed E-state index contributed by atoms with van der Waals surface area (Å²) < 4.78 is 5.99. The lowest BCUT2D eigenvalue weighted by Gasteiger charge is -2.09. The van der Waals surface area contributed by atoms with Gasteiger partial charge in [-0.2, -0.15) is 0 Å². The highest BCUT2D eigenvalue weighted by Gasteiger charge is 2.17. The molecule has 4 rings (SSSR count). The van der Waals surface area contributed by atoms with Gasteiger partial charge in [0.15, 0.2) is 0 Å². The third-order valence-corrected chi connectivity index (χ3v) is 5.04. The molecule has 1 aliphatic heterocycles. The van der Waals surface area contributed by atoms with E-state index < -0.39 is 0 Å². The van der Waals surface area contributed by atoms with Crippen molar-refractivity contribution >= 4 is 11.5 Å². The van der Waals surface area contributed by atoms with E-state index in [9.17, 15) is 4.79 Å². The fourth-order valence-corrected chi connectivity index (χ4v) is 3.54. The van der Waals surface area contributed by atoms with Crippen molar-refractivity contribution in [3.8, 4) is 5.75 Å². The Morgan fingerprint density at radius 2 is 1.87 bits per heavy atom. The number of benzene rings is 2. The predicted octanol–water partition coefficient (Wildman–Crippen LogP) is 4.71. The van der Waals surface area contributed by atoms with Gasteiger partial charge in [-0.05, 0) is 47.2 Å². The number of aryl methyl sites for hydroxylation is 1. The summed E-state index contributed by atoms with van der Waals surface area (Å²) in [7, 11) is 0. The van der Waals surface area contributed by atoms with E-state index in [4.69, 9.17) is 4.74 Å². The minimum Gasteiger partial charge on any atom is -0.488 e. The first-order chi connectivity index (χ1) is 14.8. The zero-order valence-corrected chi connectivity index (χ0v) is 16.8. The van der Waals surface area contributed by atoms with Crippen LogP contribution in [0.1, 0.15) is 28.7 Å². The molecule has 1 aliphatic rings. The fourth-order valence-electron chi connectivity index (χ4n) is 3.54. The molecule has 150 valence electrons. The second-order valence-electron chi connectivity index (χ2n) is 7.14. The van der Waals surface area contributed by atoms with Gasteiger partial charge in [0.1, 0.15) is 12.4 Å². The third kappa shape index (κ3) is 4.84. The van der Waals surface area contributed by atoms with Crippen LogP contribution in [0.4, 0.5) is 0 Å². The number of fused-ring (bicyclic) bond motifs is 2. The van der Waals surface area contributed by atoms with Crippen molar-refractivity contribution in [2.45, 2.75) is 19.4 Å². The Morgan fingerprint density at radius 1 is 1.03 bits per heavy atom. The van der Waals surface area contributed by atoms with Crippen LogP contribution in [0.5, 0.6) is 5.75 Å². The quantitative estimate of drug-likeness (QED) is 0.485. The molecule has 4 heteroatoms. The largest absolute Gasteiger partial charge is 0.488 e. The maximum Gasteiger partial charge on any atom is 0.243 e. The molecular formula is C26H24N2O2. The van der Waals surface area contributed by atoms with E-state index in [0.29, 0.717) is 13.2 Å². The summed E-state index contributed by atoms with van der Waals surface area (Å²) in [4.78, 5) is 16.3. The summed E-state index contributed by atoms with van der Waals surface area (Å²) in [6.07, 6.45) is 10.8. The van der Waals surface area contributed by atoms with Crippen LogP contribution in [0.25, 0.3) is 5.57 Å². The van der Waals surface area contributed by atoms with Gasteiger partial charge in [-0.3, -0.25) is 9.78 Å². The second kappa shape index (κ2) is 9.70. The van der Waals surface area contributed by atoms with E-state index >= 15 is 0 Å². The fraction of sp³-hybridized carbons (Fsp3) is 0.154. The minimum atomic E-state index is -0.0931. The second-order valence-corrected chi connectivity index (χ2v) is 7.14. The third-order valence-electron chi connectivity index (χ3n) is 5.04. The van der Waals surface area contributed by atoms with Crippen molar-refractivity contribution in [3.63, 3.8) is 0 Å². The molecule has 0 radical (unpaired) electrons. The maximum atomic E-state index is 12.2. The molecule has 0 fully saturated rings. The number of carbonyl (C=O) groups is 1. The van der Waals surface area contributed by atoms with Crippen molar-refractivity contribution in [2.24, 2.45) is 0 Å². The predicted molar refractivity (Wildman–Crippen MR) is 119 cm³/mol. The summed E-state index contributed by atoms with van der Waals surface area (Å²) in [5.41, 5.74) is 5.53. The summed E-state index contributed by atoms with van der Waals surface area (Å²) in [6, 6.07) is 20.2. The van der Waals surface area contributed by atoms with Crippen LogP contribution in [0, 0.1) is 0 Å². The van der Waals surface area contributed by atoms with E-state index in [1.54, 1.807) is 12.3 Å². The zero-order valence-electron chi connectivity index (χ0n) is 16.8. The molecule has 0 spiro atoms. The molecule has 0 bridgehead atoms. The van der Waals surface area contributed by atoms with Gasteiger partial charge in [-0.25, -0.2) is 0 Å². The number of rotatable bonds is 6. The molecule has 0 saturated heterocycles.